The molecule has 0 aliphatic carbocycles. The van der Waals surface area contributed by atoms with Crippen molar-refractivity contribution in [2.24, 2.45) is 10.9 Å². The van der Waals surface area contributed by atoms with Gasteiger partial charge in [0, 0.05) is 11.1 Å². The van der Waals surface area contributed by atoms with E-state index in [0.29, 0.717) is 5.69 Å². The van der Waals surface area contributed by atoms with Crippen LogP contribution in [0.15, 0.2) is 58.4 Å². The summed E-state index contributed by atoms with van der Waals surface area (Å²) in [7, 11) is 0. The lowest BCUT2D eigenvalue weighted by Crippen LogP contribution is -2.58. The van der Waals surface area contributed by atoms with Crippen molar-refractivity contribution in [2.45, 2.75) is 18.2 Å². The van der Waals surface area contributed by atoms with E-state index in [1.54, 1.807) is 11.8 Å². The molecule has 1 aliphatic rings. The van der Waals surface area contributed by atoms with Crippen LogP contribution in [0.3, 0.4) is 0 Å². The van der Waals surface area contributed by atoms with Crippen molar-refractivity contribution in [3.63, 3.8) is 0 Å². The number of aryl methyl sites for hydroxylation is 1. The van der Waals surface area contributed by atoms with E-state index in [1.807, 2.05) is 54.8 Å². The molecule has 1 fully saturated rings. The molecule has 1 saturated heterocycles. The van der Waals surface area contributed by atoms with Gasteiger partial charge in [0.15, 0.2) is 11.0 Å². The Morgan fingerprint density at radius 1 is 1.19 bits per heavy atom. The molecule has 1 aliphatic heterocycles. The van der Waals surface area contributed by atoms with E-state index in [4.69, 9.17) is 12.2 Å². The number of hydrogen-bond donors (Lipinski definition) is 1. The fourth-order valence-corrected chi connectivity index (χ4v) is 3.58. The molecule has 7 heteroatoms. The highest BCUT2D eigenvalue weighted by atomic mass is 32.2. The predicted molar refractivity (Wildman–Crippen MR) is 114 cm³/mol. The first-order valence-electron chi connectivity index (χ1n) is 8.50. The molecule has 0 unspecified atom stereocenters. The second-order valence-corrected chi connectivity index (χ2v) is 7.15. The molecule has 0 bridgehead atoms. The Morgan fingerprint density at radius 3 is 2.56 bits per heavy atom. The van der Waals surface area contributed by atoms with Crippen LogP contribution >= 0.6 is 24.0 Å². The zero-order valence-corrected chi connectivity index (χ0v) is 16.6. The van der Waals surface area contributed by atoms with Gasteiger partial charge in [-0.25, -0.2) is 0 Å². The molecule has 27 heavy (non-hydrogen) atoms. The van der Waals surface area contributed by atoms with Crippen LogP contribution in [0.25, 0.3) is 0 Å². The van der Waals surface area contributed by atoms with Crippen LogP contribution < -0.4 is 10.2 Å². The van der Waals surface area contributed by atoms with Gasteiger partial charge in [-0.15, -0.1) is 11.8 Å². The van der Waals surface area contributed by atoms with E-state index < -0.39 is 17.7 Å². The van der Waals surface area contributed by atoms with Crippen molar-refractivity contribution in [1.29, 1.82) is 0 Å². The van der Waals surface area contributed by atoms with E-state index in [2.05, 4.69) is 17.2 Å². The number of rotatable bonds is 5. The Labute approximate surface area is 167 Å². The second-order valence-electron chi connectivity index (χ2n) is 5.92. The van der Waals surface area contributed by atoms with E-state index in [0.717, 1.165) is 22.6 Å². The summed E-state index contributed by atoms with van der Waals surface area (Å²) in [5.41, 5.74) is 2.51. The van der Waals surface area contributed by atoms with Crippen molar-refractivity contribution in [1.82, 2.24) is 5.32 Å². The molecule has 5 nitrogen and oxygen atoms in total. The number of thioether (sulfide) groups is 1. The molecule has 1 atom stereocenters. The number of nitrogens with one attached hydrogen (secondary N) is 1. The lowest BCUT2D eigenvalue weighted by atomic mass is 10.1. The number of hydrogen-bond acceptors (Lipinski definition) is 5. The van der Waals surface area contributed by atoms with Gasteiger partial charge in [-0.1, -0.05) is 31.2 Å². The number of thiocarbonyl (C=S) groups is 1. The van der Waals surface area contributed by atoms with Gasteiger partial charge in [0.1, 0.15) is 0 Å². The summed E-state index contributed by atoms with van der Waals surface area (Å²) in [5, 5.41) is 2.69. The topological polar surface area (TPSA) is 61.8 Å². The molecule has 0 spiro atoms. The van der Waals surface area contributed by atoms with Crippen molar-refractivity contribution < 1.29 is 9.59 Å². The number of amides is 2. The van der Waals surface area contributed by atoms with E-state index >= 15 is 0 Å². The minimum absolute atomic E-state index is 0.0865. The maximum absolute atomic E-state index is 13.0. The first-order valence-corrected chi connectivity index (χ1v) is 10.1. The molecule has 0 aromatic heterocycles. The van der Waals surface area contributed by atoms with Gasteiger partial charge in [0.05, 0.1) is 11.4 Å². The van der Waals surface area contributed by atoms with Crippen LogP contribution in [0, 0.1) is 5.92 Å². The highest BCUT2D eigenvalue weighted by molar-refractivity contribution is 7.98. The Bertz CT molecular complexity index is 910. The van der Waals surface area contributed by atoms with Crippen molar-refractivity contribution in [3.05, 3.63) is 54.1 Å². The first kappa shape index (κ1) is 19.3. The zero-order valence-electron chi connectivity index (χ0n) is 15.0. The van der Waals surface area contributed by atoms with Crippen LogP contribution in [-0.4, -0.2) is 29.4 Å². The minimum atomic E-state index is -1.03. The number of carbonyl (C=O) groups excluding carboxylic acids is 2. The lowest BCUT2D eigenvalue weighted by molar-refractivity contribution is -0.130. The summed E-state index contributed by atoms with van der Waals surface area (Å²) in [6, 6.07) is 15.1. The molecule has 2 amide bonds. The average Bonchev–Trinajstić information content (AvgIpc) is 2.68. The van der Waals surface area contributed by atoms with Crippen molar-refractivity contribution in [2.75, 3.05) is 11.2 Å². The number of anilines is 1. The molecule has 0 saturated carbocycles. The quantitative estimate of drug-likeness (QED) is 0.361. The van der Waals surface area contributed by atoms with Crippen LogP contribution in [0.1, 0.15) is 12.5 Å². The number of para-hydroxylation sites is 1. The SMILES string of the molecule is CCc1ccc(N2C(=O)[C@H](C=Nc3ccccc3SC)C(=O)NC2=S)cc1. The smallest absolute Gasteiger partial charge is 0.251 e. The Balaban J connectivity index is 1.89. The molecule has 3 rings (SSSR count). The van der Waals surface area contributed by atoms with Gasteiger partial charge < -0.3 is 5.32 Å². The summed E-state index contributed by atoms with van der Waals surface area (Å²) in [6.07, 6.45) is 4.24. The lowest BCUT2D eigenvalue weighted by Gasteiger charge is -2.31. The van der Waals surface area contributed by atoms with Gasteiger partial charge in [-0.05, 0) is 54.7 Å². The van der Waals surface area contributed by atoms with Crippen LogP contribution in [-0.2, 0) is 16.0 Å². The second kappa shape index (κ2) is 8.45. The molecule has 1 N–H and O–H groups in total. The highest BCUT2D eigenvalue weighted by Crippen LogP contribution is 2.28. The molecular formula is C20H19N3O2S2. The fourth-order valence-electron chi connectivity index (χ4n) is 2.74. The first-order chi connectivity index (χ1) is 13.0. The number of nitrogens with zero attached hydrogens (tertiary/aromatic N) is 2. The molecular weight excluding hydrogens is 378 g/mol. The van der Waals surface area contributed by atoms with E-state index in [-0.39, 0.29) is 5.11 Å². The highest BCUT2D eigenvalue weighted by Gasteiger charge is 2.38. The van der Waals surface area contributed by atoms with Gasteiger partial charge >= 0.3 is 0 Å². The van der Waals surface area contributed by atoms with E-state index in [1.165, 1.54) is 11.1 Å². The number of benzene rings is 2. The van der Waals surface area contributed by atoms with Gasteiger partial charge in [0.25, 0.3) is 5.91 Å². The molecule has 138 valence electrons. The number of carbonyl (C=O) groups is 2. The Kier molecular flexibility index (Phi) is 6.03. The zero-order chi connectivity index (χ0) is 19.4. The van der Waals surface area contributed by atoms with Crippen molar-refractivity contribution >= 4 is 58.5 Å². The molecule has 0 radical (unpaired) electrons. The Hall–Kier alpha value is -2.51. The standard InChI is InChI=1S/C20H19N3O2S2/c1-3-13-8-10-14(11-9-13)23-19(25)15(18(24)22-20(23)26)12-21-16-6-4-5-7-17(16)27-2/h4-12,15H,3H2,1-2H3,(H,22,24,26)/t15-/m1/s1. The third kappa shape index (κ3) is 4.09. The van der Waals surface area contributed by atoms with Crippen LogP contribution in [0.5, 0.6) is 0 Å². The number of aliphatic imine (C=N–C) groups is 1. The average molecular weight is 398 g/mol. The molecule has 2 aromatic rings. The minimum Gasteiger partial charge on any atom is -0.301 e. The van der Waals surface area contributed by atoms with Gasteiger partial charge in [-0.3, -0.25) is 19.5 Å². The van der Waals surface area contributed by atoms with Crippen LogP contribution in [0.2, 0.25) is 0 Å². The summed E-state index contributed by atoms with van der Waals surface area (Å²) in [5.74, 6) is -1.90. The predicted octanol–water partition coefficient (Wildman–Crippen LogP) is 3.74. The van der Waals surface area contributed by atoms with Gasteiger partial charge in [0.2, 0.25) is 5.91 Å². The normalized spacial score (nSPS) is 17.5. The van der Waals surface area contributed by atoms with Crippen LogP contribution in [0.4, 0.5) is 11.4 Å². The largest absolute Gasteiger partial charge is 0.301 e. The maximum atomic E-state index is 13.0. The van der Waals surface area contributed by atoms with Crippen molar-refractivity contribution in [3.8, 4) is 0 Å². The third-order valence-electron chi connectivity index (χ3n) is 4.25. The summed E-state index contributed by atoms with van der Waals surface area (Å²) >= 11 is 6.77. The Morgan fingerprint density at radius 2 is 1.89 bits per heavy atom. The molecule has 1 heterocycles. The summed E-state index contributed by atoms with van der Waals surface area (Å²) in [4.78, 5) is 32.0. The molecule has 2 aromatic carbocycles. The third-order valence-corrected chi connectivity index (χ3v) is 5.32. The fraction of sp³-hybridized carbons (Fsp3) is 0.200. The van der Waals surface area contributed by atoms with Gasteiger partial charge in [-0.2, -0.15) is 0 Å². The summed E-state index contributed by atoms with van der Waals surface area (Å²) in [6.45, 7) is 2.06. The monoisotopic (exact) mass is 397 g/mol. The maximum Gasteiger partial charge on any atom is 0.251 e. The summed E-state index contributed by atoms with van der Waals surface area (Å²) < 4.78 is 0. The van der Waals surface area contributed by atoms with E-state index in [9.17, 15) is 9.59 Å².